The van der Waals surface area contributed by atoms with Crippen LogP contribution in [0.25, 0.3) is 17.1 Å². The molecule has 8 heteroatoms. The minimum absolute atomic E-state index is 0.0188. The van der Waals surface area contributed by atoms with Gasteiger partial charge in [0.15, 0.2) is 6.23 Å². The largest absolute Gasteiger partial charge is 0.399 e. The van der Waals surface area contributed by atoms with Crippen molar-refractivity contribution < 1.29 is 13.9 Å². The minimum Gasteiger partial charge on any atom is -0.399 e. The zero-order valence-electron chi connectivity index (χ0n) is 18.3. The molecule has 33 heavy (non-hydrogen) atoms. The standard InChI is InChI=1S/C25H26FN5O2/c1-16-13-19(8-9-21(16)26)31-14-20(24(29-31)22-3-2-11-28-22)25-30(23(32)15-33-25)12-10-17-4-6-18(27)7-5-17/h2-9,11,13-14,16,21,25,28H,10,12,15,27H2,1H3. The number of nitrogen functional groups attached to an aromatic ring is 1. The lowest BCUT2D eigenvalue weighted by molar-refractivity contribution is -0.128. The molecule has 1 aliphatic carbocycles. The molecule has 0 spiro atoms. The van der Waals surface area contributed by atoms with Crippen molar-refractivity contribution in [2.24, 2.45) is 5.92 Å². The zero-order chi connectivity index (χ0) is 22.9. The highest BCUT2D eigenvalue weighted by Crippen LogP contribution is 2.35. The second-order valence-corrected chi connectivity index (χ2v) is 8.46. The summed E-state index contributed by atoms with van der Waals surface area (Å²) in [5, 5.41) is 4.78. The third kappa shape index (κ3) is 4.21. The van der Waals surface area contributed by atoms with E-state index in [1.54, 1.807) is 21.7 Å². The third-order valence-corrected chi connectivity index (χ3v) is 6.10. The number of alkyl halides is 1. The number of hydrogen-bond acceptors (Lipinski definition) is 4. The number of carbonyl (C=O) groups is 1. The van der Waals surface area contributed by atoms with E-state index >= 15 is 0 Å². The normalized spacial score (nSPS) is 22.7. The number of nitrogens with two attached hydrogens (primary N) is 1. The van der Waals surface area contributed by atoms with Crippen LogP contribution in [-0.2, 0) is 16.0 Å². The van der Waals surface area contributed by atoms with E-state index in [0.29, 0.717) is 24.3 Å². The van der Waals surface area contributed by atoms with E-state index in [1.807, 2.05) is 61.8 Å². The van der Waals surface area contributed by atoms with Crippen molar-refractivity contribution in [3.05, 3.63) is 78.1 Å². The van der Waals surface area contributed by atoms with Crippen molar-refractivity contribution in [1.29, 1.82) is 0 Å². The number of halogens is 1. The Morgan fingerprint density at radius 3 is 2.82 bits per heavy atom. The summed E-state index contributed by atoms with van der Waals surface area (Å²) in [6.45, 7) is 2.36. The lowest BCUT2D eigenvalue weighted by Crippen LogP contribution is -2.30. The Kier molecular flexibility index (Phi) is 5.60. The topological polar surface area (TPSA) is 89.2 Å². The number of ether oxygens (including phenoxy) is 1. The average Bonchev–Trinajstić information content (AvgIpc) is 3.55. The van der Waals surface area contributed by atoms with Crippen LogP contribution in [0.4, 0.5) is 10.1 Å². The van der Waals surface area contributed by atoms with E-state index in [1.165, 1.54) is 0 Å². The molecule has 170 valence electrons. The Morgan fingerprint density at radius 1 is 1.27 bits per heavy atom. The van der Waals surface area contributed by atoms with Gasteiger partial charge in [-0.05, 0) is 48.4 Å². The number of carbonyl (C=O) groups excluding carboxylic acids is 1. The molecule has 3 unspecified atom stereocenters. The summed E-state index contributed by atoms with van der Waals surface area (Å²) in [5.74, 6) is -0.307. The van der Waals surface area contributed by atoms with Crippen molar-refractivity contribution >= 4 is 17.3 Å². The van der Waals surface area contributed by atoms with Crippen LogP contribution in [0.3, 0.4) is 0 Å². The number of hydrogen-bond donors (Lipinski definition) is 2. The first-order valence-electron chi connectivity index (χ1n) is 11.0. The molecule has 0 radical (unpaired) electrons. The quantitative estimate of drug-likeness (QED) is 0.560. The maximum absolute atomic E-state index is 13.9. The molecule has 0 bridgehead atoms. The number of nitrogens with one attached hydrogen (secondary N) is 1. The van der Waals surface area contributed by atoms with Crippen LogP contribution in [0.2, 0.25) is 0 Å². The molecular formula is C25H26FN5O2. The molecule has 3 N–H and O–H groups in total. The molecule has 2 aromatic heterocycles. The van der Waals surface area contributed by atoms with Gasteiger partial charge in [-0.15, -0.1) is 0 Å². The number of rotatable bonds is 6. The van der Waals surface area contributed by atoms with Crippen LogP contribution in [-0.4, -0.2) is 44.9 Å². The van der Waals surface area contributed by atoms with E-state index in [4.69, 9.17) is 15.6 Å². The minimum atomic E-state index is -1.01. The molecule has 7 nitrogen and oxygen atoms in total. The summed E-state index contributed by atoms with van der Waals surface area (Å²) < 4.78 is 21.6. The van der Waals surface area contributed by atoms with E-state index < -0.39 is 12.4 Å². The van der Waals surface area contributed by atoms with Crippen molar-refractivity contribution in [2.45, 2.75) is 25.7 Å². The number of aromatic amines is 1. The fraction of sp³-hybridized carbons (Fsp3) is 0.280. The number of H-pyrrole nitrogens is 1. The highest BCUT2D eigenvalue weighted by molar-refractivity contribution is 5.80. The maximum atomic E-state index is 13.9. The van der Waals surface area contributed by atoms with Gasteiger partial charge in [-0.25, -0.2) is 9.07 Å². The number of benzene rings is 1. The number of anilines is 1. The molecule has 5 rings (SSSR count). The fourth-order valence-corrected chi connectivity index (χ4v) is 4.21. The average molecular weight is 448 g/mol. The molecular weight excluding hydrogens is 421 g/mol. The van der Waals surface area contributed by atoms with Gasteiger partial charge < -0.3 is 20.4 Å². The van der Waals surface area contributed by atoms with Gasteiger partial charge in [0, 0.05) is 36.1 Å². The van der Waals surface area contributed by atoms with Crippen molar-refractivity contribution in [1.82, 2.24) is 19.7 Å². The monoisotopic (exact) mass is 447 g/mol. The predicted octanol–water partition coefficient (Wildman–Crippen LogP) is 3.95. The summed E-state index contributed by atoms with van der Waals surface area (Å²) in [6.07, 6.45) is 7.96. The molecule has 1 fully saturated rings. The van der Waals surface area contributed by atoms with Gasteiger partial charge in [0.2, 0.25) is 0 Å². The lowest BCUT2D eigenvalue weighted by Gasteiger charge is -2.23. The molecule has 3 heterocycles. The molecule has 1 saturated heterocycles. The Morgan fingerprint density at radius 2 is 2.09 bits per heavy atom. The van der Waals surface area contributed by atoms with E-state index in [2.05, 4.69) is 4.98 Å². The van der Waals surface area contributed by atoms with E-state index in [-0.39, 0.29) is 18.4 Å². The van der Waals surface area contributed by atoms with Crippen LogP contribution in [0.5, 0.6) is 0 Å². The van der Waals surface area contributed by atoms with Gasteiger partial charge in [-0.1, -0.05) is 25.1 Å². The summed E-state index contributed by atoms with van der Waals surface area (Å²) in [6, 6.07) is 11.5. The predicted molar refractivity (Wildman–Crippen MR) is 124 cm³/mol. The van der Waals surface area contributed by atoms with Gasteiger partial charge in [0.05, 0.1) is 11.4 Å². The molecule has 1 aromatic carbocycles. The second-order valence-electron chi connectivity index (χ2n) is 8.46. The first kappa shape index (κ1) is 21.2. The summed E-state index contributed by atoms with van der Waals surface area (Å²) >= 11 is 0. The summed E-state index contributed by atoms with van der Waals surface area (Å²) in [7, 11) is 0. The first-order chi connectivity index (χ1) is 16.0. The highest BCUT2D eigenvalue weighted by atomic mass is 19.1. The summed E-state index contributed by atoms with van der Waals surface area (Å²) in [4.78, 5) is 17.6. The molecule has 1 amide bonds. The number of allylic oxidation sites excluding steroid dienone is 4. The number of nitrogens with zero attached hydrogens (tertiary/aromatic N) is 3. The number of amides is 1. The fourth-order valence-electron chi connectivity index (χ4n) is 4.21. The van der Waals surface area contributed by atoms with E-state index in [0.717, 1.165) is 22.5 Å². The van der Waals surface area contributed by atoms with Crippen LogP contribution >= 0.6 is 0 Å². The molecule has 1 aliphatic heterocycles. The zero-order valence-corrected chi connectivity index (χ0v) is 18.3. The molecule has 2 aliphatic rings. The van der Waals surface area contributed by atoms with Crippen molar-refractivity contribution in [3.8, 4) is 11.4 Å². The number of aromatic nitrogens is 3. The van der Waals surface area contributed by atoms with Crippen LogP contribution in [0, 0.1) is 5.92 Å². The Labute approximate surface area is 191 Å². The molecule has 3 aromatic rings. The van der Waals surface area contributed by atoms with Gasteiger partial charge in [-0.3, -0.25) is 4.79 Å². The summed E-state index contributed by atoms with van der Waals surface area (Å²) in [5.41, 5.74) is 10.7. The Balaban J connectivity index is 1.47. The smallest absolute Gasteiger partial charge is 0.250 e. The Bertz CT molecular complexity index is 1200. The SMILES string of the molecule is CC1C=C(n2cc(C3OCC(=O)N3CCc3ccc(N)cc3)c(-c3ccc[nH]3)n2)C=CC1F. The second kappa shape index (κ2) is 8.71. The molecule has 0 saturated carbocycles. The third-order valence-electron chi connectivity index (χ3n) is 6.10. The highest BCUT2D eigenvalue weighted by Gasteiger charge is 2.36. The van der Waals surface area contributed by atoms with Crippen LogP contribution in [0.1, 0.15) is 24.3 Å². The van der Waals surface area contributed by atoms with Crippen molar-refractivity contribution in [2.75, 3.05) is 18.9 Å². The lowest BCUT2D eigenvalue weighted by atomic mass is 9.99. The van der Waals surface area contributed by atoms with Crippen LogP contribution in [0.15, 0.2) is 67.0 Å². The van der Waals surface area contributed by atoms with Gasteiger partial charge in [0.1, 0.15) is 18.5 Å². The van der Waals surface area contributed by atoms with Gasteiger partial charge >= 0.3 is 0 Å². The maximum Gasteiger partial charge on any atom is 0.250 e. The Hall–Kier alpha value is -3.65. The van der Waals surface area contributed by atoms with Gasteiger partial charge in [0.25, 0.3) is 5.91 Å². The van der Waals surface area contributed by atoms with Gasteiger partial charge in [-0.2, -0.15) is 5.10 Å². The molecule has 3 atom stereocenters. The first-order valence-corrected chi connectivity index (χ1v) is 11.0. The van der Waals surface area contributed by atoms with Crippen molar-refractivity contribution in [3.63, 3.8) is 0 Å². The van der Waals surface area contributed by atoms with E-state index in [9.17, 15) is 9.18 Å². The van der Waals surface area contributed by atoms with Crippen LogP contribution < -0.4 is 5.73 Å².